The molecule has 0 heterocycles. The zero-order chi connectivity index (χ0) is 20.2. The number of nitrogens with one attached hydrogen (secondary N) is 1. The van der Waals surface area contributed by atoms with Gasteiger partial charge in [-0.1, -0.05) is 23.7 Å². The third kappa shape index (κ3) is 5.01. The molecule has 146 valence electrons. The summed E-state index contributed by atoms with van der Waals surface area (Å²) in [5.74, 6) is -0.916. The Bertz CT molecular complexity index is 952. The summed E-state index contributed by atoms with van der Waals surface area (Å²) < 4.78 is 49.1. The summed E-state index contributed by atoms with van der Waals surface area (Å²) in [6.07, 6.45) is 0.888. The second-order valence-corrected chi connectivity index (χ2v) is 7.77. The fourth-order valence-electron chi connectivity index (χ4n) is 2.31. The van der Waals surface area contributed by atoms with Crippen molar-refractivity contribution in [3.8, 4) is 11.5 Å². The highest BCUT2D eigenvalue weighted by molar-refractivity contribution is 7.92. The van der Waals surface area contributed by atoms with Crippen LogP contribution in [0.2, 0.25) is 5.02 Å². The summed E-state index contributed by atoms with van der Waals surface area (Å²) in [5, 5.41) is 2.80. The number of para-hydroxylation sites is 1. The Hall–Kier alpha value is -2.52. The van der Waals surface area contributed by atoms with Crippen molar-refractivity contribution in [3.05, 3.63) is 47.2 Å². The number of hydrogen-bond donors (Lipinski definition) is 1. The number of anilines is 2. The molecule has 2 aromatic rings. The van der Waals surface area contributed by atoms with E-state index in [9.17, 15) is 17.6 Å². The Balaban J connectivity index is 2.31. The van der Waals surface area contributed by atoms with Gasteiger partial charge in [0.2, 0.25) is 15.9 Å². The van der Waals surface area contributed by atoms with E-state index in [1.807, 2.05) is 0 Å². The Labute approximate surface area is 161 Å². The summed E-state index contributed by atoms with van der Waals surface area (Å²) >= 11 is 6.01. The number of ether oxygens (including phenoxy) is 2. The lowest BCUT2D eigenvalue weighted by Gasteiger charge is -2.22. The topological polar surface area (TPSA) is 84.9 Å². The van der Waals surface area contributed by atoms with Gasteiger partial charge in [-0.2, -0.15) is 0 Å². The first kappa shape index (κ1) is 20.8. The van der Waals surface area contributed by atoms with Crippen molar-refractivity contribution in [1.29, 1.82) is 0 Å². The minimum atomic E-state index is -3.91. The summed E-state index contributed by atoms with van der Waals surface area (Å²) in [6.45, 7) is -0.631. The minimum Gasteiger partial charge on any atom is -0.495 e. The number of amides is 1. The van der Waals surface area contributed by atoms with Gasteiger partial charge in [-0.15, -0.1) is 0 Å². The monoisotopic (exact) mass is 416 g/mol. The normalized spacial score (nSPS) is 11.0. The van der Waals surface area contributed by atoms with E-state index >= 15 is 0 Å². The zero-order valence-corrected chi connectivity index (χ0v) is 16.4. The van der Waals surface area contributed by atoms with Gasteiger partial charge in [0.15, 0.2) is 0 Å². The van der Waals surface area contributed by atoms with E-state index in [4.69, 9.17) is 21.1 Å². The maximum absolute atomic E-state index is 14.0. The van der Waals surface area contributed by atoms with Crippen LogP contribution < -0.4 is 19.1 Å². The molecule has 2 rings (SSSR count). The zero-order valence-electron chi connectivity index (χ0n) is 14.8. The fraction of sp³-hybridized carbons (Fsp3) is 0.235. The van der Waals surface area contributed by atoms with Crippen molar-refractivity contribution >= 4 is 38.9 Å². The minimum absolute atomic E-state index is 0.226. The lowest BCUT2D eigenvalue weighted by molar-refractivity contribution is -0.114. The third-order valence-electron chi connectivity index (χ3n) is 3.56. The van der Waals surface area contributed by atoms with E-state index in [0.717, 1.165) is 12.3 Å². The van der Waals surface area contributed by atoms with Gasteiger partial charge < -0.3 is 14.8 Å². The molecule has 1 N–H and O–H groups in total. The van der Waals surface area contributed by atoms with Crippen LogP contribution in [0.4, 0.5) is 15.8 Å². The molecule has 0 radical (unpaired) electrons. The second kappa shape index (κ2) is 8.45. The van der Waals surface area contributed by atoms with Crippen molar-refractivity contribution in [2.45, 2.75) is 0 Å². The predicted molar refractivity (Wildman–Crippen MR) is 102 cm³/mol. The molecule has 0 bridgehead atoms. The first-order valence-electron chi connectivity index (χ1n) is 7.61. The van der Waals surface area contributed by atoms with Crippen LogP contribution in [-0.4, -0.2) is 41.3 Å². The molecule has 27 heavy (non-hydrogen) atoms. The molecule has 0 aliphatic heterocycles. The van der Waals surface area contributed by atoms with Gasteiger partial charge in [-0.05, 0) is 12.1 Å². The SMILES string of the molecule is COc1cc(NC(=O)CN(c2ccccc2F)S(C)(=O)=O)c(OC)cc1Cl. The van der Waals surface area contributed by atoms with Crippen LogP contribution in [0.3, 0.4) is 0 Å². The van der Waals surface area contributed by atoms with Gasteiger partial charge in [0, 0.05) is 12.1 Å². The number of halogens is 2. The quantitative estimate of drug-likeness (QED) is 0.750. The van der Waals surface area contributed by atoms with Gasteiger partial charge in [0.25, 0.3) is 0 Å². The summed E-state index contributed by atoms with van der Waals surface area (Å²) in [5.41, 5.74) is 0.00142. The molecular formula is C17H18ClFN2O5S. The molecule has 0 unspecified atom stereocenters. The lowest BCUT2D eigenvalue weighted by Crippen LogP contribution is -2.38. The maximum Gasteiger partial charge on any atom is 0.245 e. The maximum atomic E-state index is 14.0. The van der Waals surface area contributed by atoms with Gasteiger partial charge >= 0.3 is 0 Å². The summed E-state index contributed by atoms with van der Waals surface area (Å²) in [4.78, 5) is 12.4. The number of sulfonamides is 1. The smallest absolute Gasteiger partial charge is 0.245 e. The number of methoxy groups -OCH3 is 2. The van der Waals surface area contributed by atoms with Crippen molar-refractivity contribution < 1.29 is 27.1 Å². The Kier molecular flexibility index (Phi) is 6.50. The van der Waals surface area contributed by atoms with E-state index in [0.29, 0.717) is 10.1 Å². The van der Waals surface area contributed by atoms with E-state index in [1.54, 1.807) is 0 Å². The Morgan fingerprint density at radius 3 is 2.37 bits per heavy atom. The molecule has 0 saturated heterocycles. The first-order chi connectivity index (χ1) is 12.7. The summed E-state index contributed by atoms with van der Waals surface area (Å²) in [6, 6.07) is 8.16. The van der Waals surface area contributed by atoms with Crippen LogP contribution in [0.5, 0.6) is 11.5 Å². The molecule has 1 amide bonds. The van der Waals surface area contributed by atoms with Gasteiger partial charge in [-0.3, -0.25) is 9.10 Å². The van der Waals surface area contributed by atoms with E-state index in [2.05, 4.69) is 5.32 Å². The number of hydrogen-bond acceptors (Lipinski definition) is 5. The van der Waals surface area contributed by atoms with E-state index in [-0.39, 0.29) is 22.1 Å². The molecule has 0 spiro atoms. The highest BCUT2D eigenvalue weighted by Crippen LogP contribution is 2.36. The molecule has 2 aromatic carbocycles. The molecule has 7 nitrogen and oxygen atoms in total. The largest absolute Gasteiger partial charge is 0.495 e. The standard InChI is InChI=1S/C17H18ClFN2O5S/c1-25-15-9-13(16(26-2)8-11(15)18)20-17(22)10-21(27(3,23)24)14-7-5-4-6-12(14)19/h4-9H,10H2,1-3H3,(H,20,22). The van der Waals surface area contributed by atoms with Crippen molar-refractivity contribution in [2.75, 3.05) is 36.6 Å². The highest BCUT2D eigenvalue weighted by atomic mass is 35.5. The average molecular weight is 417 g/mol. The van der Waals surface area contributed by atoms with Crippen LogP contribution >= 0.6 is 11.6 Å². The Morgan fingerprint density at radius 2 is 1.81 bits per heavy atom. The molecular weight excluding hydrogens is 399 g/mol. The third-order valence-corrected chi connectivity index (χ3v) is 4.98. The molecule has 0 atom stereocenters. The van der Waals surface area contributed by atoms with Crippen LogP contribution in [0.25, 0.3) is 0 Å². The van der Waals surface area contributed by atoms with Crippen molar-refractivity contribution in [3.63, 3.8) is 0 Å². The van der Waals surface area contributed by atoms with Gasteiger partial charge in [0.05, 0.1) is 36.9 Å². The van der Waals surface area contributed by atoms with Crippen molar-refractivity contribution in [1.82, 2.24) is 0 Å². The molecule has 0 aliphatic rings. The number of rotatable bonds is 7. The summed E-state index contributed by atoms with van der Waals surface area (Å²) in [7, 11) is -1.12. The number of carbonyl (C=O) groups excluding carboxylic acids is 1. The molecule has 0 saturated carbocycles. The Morgan fingerprint density at radius 1 is 1.19 bits per heavy atom. The number of carbonyl (C=O) groups is 1. The van der Waals surface area contributed by atoms with Crippen LogP contribution in [0.15, 0.2) is 36.4 Å². The molecule has 0 aliphatic carbocycles. The number of nitrogens with zero attached hydrogens (tertiary/aromatic N) is 1. The second-order valence-electron chi connectivity index (χ2n) is 5.46. The van der Waals surface area contributed by atoms with Crippen LogP contribution in [0.1, 0.15) is 0 Å². The average Bonchev–Trinajstić information content (AvgIpc) is 2.60. The lowest BCUT2D eigenvalue weighted by atomic mass is 10.2. The molecule has 10 heteroatoms. The van der Waals surface area contributed by atoms with Gasteiger partial charge in [-0.25, -0.2) is 12.8 Å². The van der Waals surface area contributed by atoms with E-state index in [1.165, 1.54) is 44.6 Å². The van der Waals surface area contributed by atoms with Crippen molar-refractivity contribution in [2.24, 2.45) is 0 Å². The highest BCUT2D eigenvalue weighted by Gasteiger charge is 2.24. The predicted octanol–water partition coefficient (Wildman–Crippen LogP) is 2.90. The first-order valence-corrected chi connectivity index (χ1v) is 9.83. The fourth-order valence-corrected chi connectivity index (χ4v) is 3.40. The van der Waals surface area contributed by atoms with Crippen LogP contribution in [-0.2, 0) is 14.8 Å². The van der Waals surface area contributed by atoms with Crippen LogP contribution in [0, 0.1) is 5.82 Å². The molecule has 0 fully saturated rings. The van der Waals surface area contributed by atoms with Gasteiger partial charge in [0.1, 0.15) is 23.9 Å². The van der Waals surface area contributed by atoms with E-state index < -0.39 is 28.3 Å². The number of benzene rings is 2. The molecule has 0 aromatic heterocycles.